The lowest BCUT2D eigenvalue weighted by atomic mass is 10.1. The van der Waals surface area contributed by atoms with Gasteiger partial charge in [0, 0.05) is 24.1 Å². The molecule has 1 heterocycles. The van der Waals surface area contributed by atoms with Crippen molar-refractivity contribution in [2.75, 3.05) is 5.32 Å². The Hall–Kier alpha value is -1.88. The normalized spacial score (nSPS) is 10.3. The first kappa shape index (κ1) is 14.5. The molecule has 0 radical (unpaired) electrons. The summed E-state index contributed by atoms with van der Waals surface area (Å²) in [5.41, 5.74) is 1.17. The van der Waals surface area contributed by atoms with E-state index in [1.54, 1.807) is 19.3 Å². The van der Waals surface area contributed by atoms with Crippen molar-refractivity contribution < 1.29 is 4.79 Å². The Balaban J connectivity index is 2.00. The van der Waals surface area contributed by atoms with Gasteiger partial charge in [0.2, 0.25) is 5.91 Å². The van der Waals surface area contributed by atoms with E-state index in [2.05, 4.69) is 21.2 Å². The van der Waals surface area contributed by atoms with E-state index in [0.29, 0.717) is 18.5 Å². The molecule has 20 heavy (non-hydrogen) atoms. The molecule has 104 valence electrons. The van der Waals surface area contributed by atoms with Crippen molar-refractivity contribution >= 4 is 27.5 Å². The third kappa shape index (κ3) is 3.81. The van der Waals surface area contributed by atoms with Crippen molar-refractivity contribution in [3.05, 3.63) is 63.0 Å². The summed E-state index contributed by atoms with van der Waals surface area (Å²) in [6.07, 6.45) is 2.66. The van der Waals surface area contributed by atoms with E-state index >= 15 is 0 Å². The van der Waals surface area contributed by atoms with Gasteiger partial charge in [-0.25, -0.2) is 0 Å². The number of anilines is 1. The first-order valence-corrected chi connectivity index (χ1v) is 7.05. The maximum atomic E-state index is 11.9. The van der Waals surface area contributed by atoms with Crippen molar-refractivity contribution in [3.8, 4) is 0 Å². The molecule has 0 saturated heterocycles. The largest absolute Gasteiger partial charge is 0.321 e. The topological polar surface area (TPSA) is 51.1 Å². The second kappa shape index (κ2) is 6.52. The number of aromatic nitrogens is 1. The molecule has 4 nitrogen and oxygen atoms in total. The molecule has 0 atom stereocenters. The zero-order valence-corrected chi connectivity index (χ0v) is 12.7. The third-order valence-corrected chi connectivity index (χ3v) is 3.34. The molecule has 2 aromatic rings. The molecule has 1 aromatic heterocycles. The summed E-state index contributed by atoms with van der Waals surface area (Å²) in [6, 6.07) is 11.4. The molecular formula is C15H15BrN2O2. The van der Waals surface area contributed by atoms with Crippen LogP contribution in [0.2, 0.25) is 0 Å². The third-order valence-electron chi connectivity index (χ3n) is 2.91. The van der Waals surface area contributed by atoms with Crippen LogP contribution in [0.3, 0.4) is 0 Å². The first-order valence-electron chi connectivity index (χ1n) is 6.26. The molecule has 0 bridgehead atoms. The number of nitrogens with zero attached hydrogens (tertiary/aromatic N) is 1. The first-order chi connectivity index (χ1) is 9.56. The summed E-state index contributed by atoms with van der Waals surface area (Å²) >= 11 is 3.30. The number of hydrogen-bond donors (Lipinski definition) is 1. The minimum Gasteiger partial charge on any atom is -0.321 e. The highest BCUT2D eigenvalue weighted by molar-refractivity contribution is 9.10. The number of benzene rings is 1. The molecule has 5 heteroatoms. The van der Waals surface area contributed by atoms with Crippen LogP contribution in [0.4, 0.5) is 5.69 Å². The Kier molecular flexibility index (Phi) is 4.74. The number of nitrogens with one attached hydrogen (secondary N) is 1. The molecule has 0 unspecified atom stereocenters. The van der Waals surface area contributed by atoms with Gasteiger partial charge < -0.3 is 9.88 Å². The maximum absolute atomic E-state index is 11.9. The number of hydrogen-bond acceptors (Lipinski definition) is 2. The predicted molar refractivity (Wildman–Crippen MR) is 82.8 cm³/mol. The van der Waals surface area contributed by atoms with Gasteiger partial charge in [0.05, 0.1) is 0 Å². The molecule has 0 aliphatic rings. The summed E-state index contributed by atoms with van der Waals surface area (Å²) in [5.74, 6) is -0.163. The van der Waals surface area contributed by atoms with E-state index in [0.717, 1.165) is 10.0 Å². The predicted octanol–water partition coefficient (Wildman–Crippen LogP) is 2.72. The summed E-state index contributed by atoms with van der Waals surface area (Å²) in [4.78, 5) is 23.7. The fourth-order valence-corrected chi connectivity index (χ4v) is 2.41. The smallest absolute Gasteiger partial charge is 0.274 e. The summed E-state index contributed by atoms with van der Waals surface area (Å²) < 4.78 is 2.18. The van der Waals surface area contributed by atoms with Gasteiger partial charge in [-0.2, -0.15) is 0 Å². The SMILES string of the molecule is Cn1cc(Br)cc(NC(=O)CCc2ccccc2)c1=O. The lowest BCUT2D eigenvalue weighted by Crippen LogP contribution is -2.24. The number of amides is 1. The second-order valence-corrected chi connectivity index (χ2v) is 5.44. The summed E-state index contributed by atoms with van der Waals surface area (Å²) in [5, 5.41) is 2.66. The minimum atomic E-state index is -0.221. The lowest BCUT2D eigenvalue weighted by Gasteiger charge is -2.07. The standard InChI is InChI=1S/C15H15BrN2O2/c1-18-10-12(16)9-13(15(18)20)17-14(19)8-7-11-5-3-2-4-6-11/h2-6,9-10H,7-8H2,1H3,(H,17,19). The highest BCUT2D eigenvalue weighted by Gasteiger charge is 2.08. The van der Waals surface area contributed by atoms with Crippen molar-refractivity contribution in [2.45, 2.75) is 12.8 Å². The maximum Gasteiger partial charge on any atom is 0.274 e. The highest BCUT2D eigenvalue weighted by Crippen LogP contribution is 2.12. The van der Waals surface area contributed by atoms with Crippen LogP contribution < -0.4 is 10.9 Å². The van der Waals surface area contributed by atoms with Crippen molar-refractivity contribution in [1.82, 2.24) is 4.57 Å². The molecule has 2 rings (SSSR count). The number of rotatable bonds is 4. The number of aryl methyl sites for hydroxylation is 2. The van der Waals surface area contributed by atoms with Crippen LogP contribution in [0.25, 0.3) is 0 Å². The minimum absolute atomic E-state index is 0.163. The second-order valence-electron chi connectivity index (χ2n) is 4.52. The average Bonchev–Trinajstić information content (AvgIpc) is 2.43. The van der Waals surface area contributed by atoms with E-state index in [4.69, 9.17) is 0 Å². The molecule has 0 spiro atoms. The molecular weight excluding hydrogens is 320 g/mol. The summed E-state index contributed by atoms with van der Waals surface area (Å²) in [6.45, 7) is 0. The molecule has 1 N–H and O–H groups in total. The van der Waals surface area contributed by atoms with Gasteiger partial charge in [0.15, 0.2) is 0 Å². The van der Waals surface area contributed by atoms with Gasteiger partial charge >= 0.3 is 0 Å². The van der Waals surface area contributed by atoms with Crippen molar-refractivity contribution in [2.24, 2.45) is 7.05 Å². The number of halogens is 1. The molecule has 0 saturated carbocycles. The fourth-order valence-electron chi connectivity index (χ4n) is 1.88. The Morgan fingerprint density at radius 3 is 2.70 bits per heavy atom. The zero-order chi connectivity index (χ0) is 14.5. The number of carbonyl (C=O) groups excluding carboxylic acids is 1. The molecule has 0 aliphatic carbocycles. The van der Waals surface area contributed by atoms with E-state index in [1.807, 2.05) is 30.3 Å². The monoisotopic (exact) mass is 334 g/mol. The van der Waals surface area contributed by atoms with Gasteiger partial charge in [0.1, 0.15) is 5.69 Å². The van der Waals surface area contributed by atoms with Crippen LogP contribution >= 0.6 is 15.9 Å². The highest BCUT2D eigenvalue weighted by atomic mass is 79.9. The van der Waals surface area contributed by atoms with Gasteiger partial charge in [0.25, 0.3) is 5.56 Å². The van der Waals surface area contributed by atoms with Gasteiger partial charge in [-0.05, 0) is 34.0 Å². The Labute approximate surface area is 125 Å². The van der Waals surface area contributed by atoms with Gasteiger partial charge in [-0.1, -0.05) is 30.3 Å². The molecule has 0 aliphatic heterocycles. The van der Waals surface area contributed by atoms with Gasteiger partial charge in [-0.15, -0.1) is 0 Å². The van der Waals surface area contributed by atoms with E-state index in [9.17, 15) is 9.59 Å². The van der Waals surface area contributed by atoms with Crippen molar-refractivity contribution in [3.63, 3.8) is 0 Å². The van der Waals surface area contributed by atoms with Crippen LogP contribution in [-0.2, 0) is 18.3 Å². The van der Waals surface area contributed by atoms with Crippen molar-refractivity contribution in [1.29, 1.82) is 0 Å². The number of pyridine rings is 1. The van der Waals surface area contributed by atoms with Crippen LogP contribution in [0.1, 0.15) is 12.0 Å². The van der Waals surface area contributed by atoms with Crippen LogP contribution in [0.5, 0.6) is 0 Å². The van der Waals surface area contributed by atoms with E-state index in [1.165, 1.54) is 4.57 Å². The van der Waals surface area contributed by atoms with E-state index in [-0.39, 0.29) is 11.5 Å². The lowest BCUT2D eigenvalue weighted by molar-refractivity contribution is -0.116. The summed E-state index contributed by atoms with van der Waals surface area (Å²) in [7, 11) is 1.65. The van der Waals surface area contributed by atoms with Crippen LogP contribution in [0, 0.1) is 0 Å². The Morgan fingerprint density at radius 1 is 1.30 bits per heavy atom. The Bertz CT molecular complexity index is 665. The Morgan fingerprint density at radius 2 is 2.00 bits per heavy atom. The molecule has 1 amide bonds. The molecule has 0 fully saturated rings. The van der Waals surface area contributed by atoms with E-state index < -0.39 is 0 Å². The average molecular weight is 335 g/mol. The van der Waals surface area contributed by atoms with Crippen LogP contribution in [-0.4, -0.2) is 10.5 Å². The van der Waals surface area contributed by atoms with Gasteiger partial charge in [-0.3, -0.25) is 9.59 Å². The fraction of sp³-hybridized carbons (Fsp3) is 0.200. The number of carbonyl (C=O) groups is 1. The quantitative estimate of drug-likeness (QED) is 0.934. The zero-order valence-electron chi connectivity index (χ0n) is 11.1. The van der Waals surface area contributed by atoms with Crippen LogP contribution in [0.15, 0.2) is 51.9 Å². The molecule has 1 aromatic carbocycles.